The molecule has 0 bridgehead atoms. The molecular weight excluding hydrogens is 693 g/mol. The Morgan fingerprint density at radius 3 is 1.37 bits per heavy atom. The molecule has 57 heavy (non-hydrogen) atoms. The van der Waals surface area contributed by atoms with Crippen LogP contribution in [0.5, 0.6) is 0 Å². The Kier molecular flexibility index (Phi) is 6.93. The zero-order valence-electron chi connectivity index (χ0n) is 30.9. The van der Waals surface area contributed by atoms with Crippen LogP contribution in [0.25, 0.3) is 110 Å². The van der Waals surface area contributed by atoms with Crippen LogP contribution in [0.1, 0.15) is 0 Å². The summed E-state index contributed by atoms with van der Waals surface area (Å²) in [5.74, 6) is 0. The van der Waals surface area contributed by atoms with E-state index in [2.05, 4.69) is 215 Å². The number of benzene rings is 9. The highest BCUT2D eigenvalue weighted by atomic mass is 16.3. The zero-order valence-corrected chi connectivity index (χ0v) is 30.9. The molecule has 0 radical (unpaired) electrons. The first-order valence-electron chi connectivity index (χ1n) is 19.5. The third kappa shape index (κ3) is 4.99. The van der Waals surface area contributed by atoms with Gasteiger partial charge in [0.25, 0.3) is 0 Å². The van der Waals surface area contributed by atoms with Crippen LogP contribution in [0.4, 0.5) is 0 Å². The van der Waals surface area contributed by atoms with E-state index in [0.29, 0.717) is 0 Å². The van der Waals surface area contributed by atoms with E-state index >= 15 is 0 Å². The monoisotopic (exact) mass is 726 g/mol. The maximum atomic E-state index is 6.41. The Hall–Kier alpha value is -7.62. The summed E-state index contributed by atoms with van der Waals surface area (Å²) < 4.78 is 11.2. The first-order chi connectivity index (χ1) is 28.2. The van der Waals surface area contributed by atoms with Crippen molar-refractivity contribution in [2.75, 3.05) is 0 Å². The first kappa shape index (κ1) is 31.7. The lowest BCUT2D eigenvalue weighted by atomic mass is 9.97. The van der Waals surface area contributed by atoms with Gasteiger partial charge in [-0.3, -0.25) is 0 Å². The van der Waals surface area contributed by atoms with Crippen LogP contribution in [0.2, 0.25) is 0 Å². The summed E-state index contributed by atoms with van der Waals surface area (Å²) in [6, 6.07) is 74.5. The molecule has 3 heterocycles. The third-order valence-corrected chi connectivity index (χ3v) is 11.7. The highest BCUT2D eigenvalue weighted by Crippen LogP contribution is 2.39. The molecule has 0 spiro atoms. The van der Waals surface area contributed by atoms with E-state index in [1.54, 1.807) is 0 Å². The van der Waals surface area contributed by atoms with Gasteiger partial charge >= 0.3 is 0 Å². The predicted octanol–water partition coefficient (Wildman–Crippen LogP) is 14.8. The summed E-state index contributed by atoms with van der Waals surface area (Å²) in [4.78, 5) is 0. The normalized spacial score (nSPS) is 11.9. The molecule has 0 saturated carbocycles. The van der Waals surface area contributed by atoms with E-state index in [1.165, 1.54) is 65.9 Å². The van der Waals surface area contributed by atoms with E-state index in [9.17, 15) is 0 Å². The smallest absolute Gasteiger partial charge is 0.135 e. The lowest BCUT2D eigenvalue weighted by molar-refractivity contribution is 0.669. The van der Waals surface area contributed by atoms with Crippen molar-refractivity contribution in [3.8, 4) is 44.8 Å². The van der Waals surface area contributed by atoms with Crippen molar-refractivity contribution in [2.45, 2.75) is 0 Å². The molecule has 0 aliphatic carbocycles. The second-order valence-corrected chi connectivity index (χ2v) is 14.9. The number of furan rings is 1. The van der Waals surface area contributed by atoms with Crippen molar-refractivity contribution in [3.05, 3.63) is 206 Å². The molecule has 0 unspecified atom stereocenters. The van der Waals surface area contributed by atoms with E-state index in [4.69, 9.17) is 4.42 Å². The molecule has 3 heteroatoms. The number of nitrogens with zero attached hydrogens (tertiary/aromatic N) is 2. The van der Waals surface area contributed by atoms with Gasteiger partial charge in [-0.05, 0) is 112 Å². The molecule has 0 aliphatic heterocycles. The molecular formula is C54H34N2O. The Morgan fingerprint density at radius 1 is 0.246 bits per heavy atom. The number of hydrogen-bond acceptors (Lipinski definition) is 1. The molecule has 266 valence electrons. The summed E-state index contributed by atoms with van der Waals surface area (Å²) in [5.41, 5.74) is 15.9. The van der Waals surface area contributed by atoms with E-state index in [0.717, 1.165) is 44.4 Å². The number of para-hydroxylation sites is 3. The molecule has 0 fully saturated rings. The Bertz CT molecular complexity index is 3470. The van der Waals surface area contributed by atoms with Crippen LogP contribution in [0.15, 0.2) is 211 Å². The molecule has 0 atom stereocenters. The average molecular weight is 727 g/mol. The van der Waals surface area contributed by atoms with Gasteiger partial charge in [-0.15, -0.1) is 0 Å². The molecule has 3 nitrogen and oxygen atoms in total. The van der Waals surface area contributed by atoms with Crippen molar-refractivity contribution in [3.63, 3.8) is 0 Å². The predicted molar refractivity (Wildman–Crippen MR) is 239 cm³/mol. The third-order valence-electron chi connectivity index (χ3n) is 11.7. The maximum absolute atomic E-state index is 6.41. The van der Waals surface area contributed by atoms with Crippen molar-refractivity contribution < 1.29 is 4.42 Å². The first-order valence-corrected chi connectivity index (χ1v) is 19.5. The molecule has 0 amide bonds. The van der Waals surface area contributed by atoms with Gasteiger partial charge < -0.3 is 13.6 Å². The van der Waals surface area contributed by atoms with Gasteiger partial charge in [0.2, 0.25) is 0 Å². The van der Waals surface area contributed by atoms with Crippen LogP contribution in [0, 0.1) is 0 Å². The summed E-state index contributed by atoms with van der Waals surface area (Å²) in [6.45, 7) is 0. The van der Waals surface area contributed by atoms with Gasteiger partial charge in [-0.2, -0.15) is 0 Å². The Balaban J connectivity index is 0.944. The number of rotatable bonds is 5. The average Bonchev–Trinajstić information content (AvgIpc) is 3.94. The second kappa shape index (κ2) is 12.5. The number of aromatic nitrogens is 2. The highest BCUT2D eigenvalue weighted by Gasteiger charge is 2.16. The summed E-state index contributed by atoms with van der Waals surface area (Å²) in [7, 11) is 0. The van der Waals surface area contributed by atoms with Crippen LogP contribution < -0.4 is 0 Å². The Labute approximate surface area is 328 Å². The van der Waals surface area contributed by atoms with Gasteiger partial charge in [0.05, 0.1) is 22.1 Å². The van der Waals surface area contributed by atoms with E-state index < -0.39 is 0 Å². The van der Waals surface area contributed by atoms with Crippen molar-refractivity contribution in [1.82, 2.24) is 9.13 Å². The molecule has 12 rings (SSSR count). The molecule has 0 N–H and O–H groups in total. The van der Waals surface area contributed by atoms with Crippen molar-refractivity contribution in [1.29, 1.82) is 0 Å². The van der Waals surface area contributed by atoms with Gasteiger partial charge in [-0.1, -0.05) is 127 Å². The standard InChI is InChI=1S/C54H34N2O/c1-2-12-35(13-3-1)39-24-27-52-46(32-39)45-20-6-9-23-51(45)55(52)41-17-11-16-38(31-41)36-14-10-15-37(30-36)40-25-28-53-47(33-40)48-34-42(26-29-54(48)57-53)56-49-21-7-4-18-43(49)44-19-5-8-22-50(44)56/h1-34H. The number of fused-ring (bicyclic) bond motifs is 9. The van der Waals surface area contributed by atoms with Crippen molar-refractivity contribution >= 4 is 65.6 Å². The van der Waals surface area contributed by atoms with Gasteiger partial charge in [0.15, 0.2) is 0 Å². The largest absolute Gasteiger partial charge is 0.456 e. The fourth-order valence-electron chi connectivity index (χ4n) is 9.05. The van der Waals surface area contributed by atoms with Crippen LogP contribution in [-0.4, -0.2) is 9.13 Å². The molecule has 12 aromatic rings. The topological polar surface area (TPSA) is 23.0 Å². The van der Waals surface area contributed by atoms with E-state index in [-0.39, 0.29) is 0 Å². The van der Waals surface area contributed by atoms with Crippen molar-refractivity contribution in [2.24, 2.45) is 0 Å². The SMILES string of the molecule is c1ccc(-c2ccc3c(c2)c2ccccc2n3-c2cccc(-c3cccc(-c4ccc5oc6ccc(-n7c8ccccc8c8ccccc87)cc6c5c4)c3)c2)cc1. The molecule has 0 aliphatic rings. The summed E-state index contributed by atoms with van der Waals surface area (Å²) >= 11 is 0. The maximum Gasteiger partial charge on any atom is 0.135 e. The quantitative estimate of drug-likeness (QED) is 0.173. The fraction of sp³-hybridized carbons (Fsp3) is 0. The summed E-state index contributed by atoms with van der Waals surface area (Å²) in [5, 5.41) is 7.23. The van der Waals surface area contributed by atoms with Crippen LogP contribution in [-0.2, 0) is 0 Å². The second-order valence-electron chi connectivity index (χ2n) is 14.9. The highest BCUT2D eigenvalue weighted by molar-refractivity contribution is 6.12. The molecule has 3 aromatic heterocycles. The number of hydrogen-bond donors (Lipinski definition) is 0. The fourth-order valence-corrected chi connectivity index (χ4v) is 9.05. The lowest BCUT2D eigenvalue weighted by Gasteiger charge is -2.12. The molecule has 0 saturated heterocycles. The Morgan fingerprint density at radius 2 is 0.684 bits per heavy atom. The van der Waals surface area contributed by atoms with E-state index in [1.807, 2.05) is 0 Å². The minimum Gasteiger partial charge on any atom is -0.456 e. The van der Waals surface area contributed by atoms with Crippen LogP contribution >= 0.6 is 0 Å². The lowest BCUT2D eigenvalue weighted by Crippen LogP contribution is -1.94. The molecule has 9 aromatic carbocycles. The summed E-state index contributed by atoms with van der Waals surface area (Å²) in [6.07, 6.45) is 0. The van der Waals surface area contributed by atoms with Crippen LogP contribution in [0.3, 0.4) is 0 Å². The minimum absolute atomic E-state index is 0.888. The van der Waals surface area contributed by atoms with Gasteiger partial charge in [0, 0.05) is 43.7 Å². The van der Waals surface area contributed by atoms with Gasteiger partial charge in [0.1, 0.15) is 11.2 Å². The van der Waals surface area contributed by atoms with Gasteiger partial charge in [-0.25, -0.2) is 0 Å². The zero-order chi connectivity index (χ0) is 37.5. The minimum atomic E-state index is 0.888.